The molecule has 1 aliphatic heterocycles. The van der Waals surface area contributed by atoms with Crippen LogP contribution in [0.3, 0.4) is 0 Å². The van der Waals surface area contributed by atoms with E-state index in [9.17, 15) is 5.26 Å². The molecule has 3 aromatic rings. The highest BCUT2D eigenvalue weighted by atomic mass is 16.5. The van der Waals surface area contributed by atoms with Crippen LogP contribution in [0.25, 0.3) is 11.3 Å². The Balaban J connectivity index is 1.69. The maximum absolute atomic E-state index is 9.35. The molecule has 1 fully saturated rings. The van der Waals surface area contributed by atoms with Crippen LogP contribution in [-0.4, -0.2) is 36.3 Å². The molecular formula is C23H23N5O2. The molecule has 0 unspecified atom stereocenters. The standard InChI is InChI=1S/C23H23N5O2/c1-16-10-19(12-23(27-16)28-6-8-29-9-7-28)30-22-11-17(13-24)2-4-20(22)21-5-3-18(14-25)15-26-21/h2-5,10-12,15H,6-9,14,25H2,1H3. The van der Waals surface area contributed by atoms with E-state index in [1.807, 2.05) is 37.3 Å². The minimum absolute atomic E-state index is 0.435. The lowest BCUT2D eigenvalue weighted by molar-refractivity contribution is 0.122. The minimum atomic E-state index is 0.435. The molecule has 2 aromatic heterocycles. The molecule has 152 valence electrons. The number of ether oxygens (including phenoxy) is 2. The third kappa shape index (κ3) is 4.40. The van der Waals surface area contributed by atoms with E-state index in [2.05, 4.69) is 20.9 Å². The first-order valence-corrected chi connectivity index (χ1v) is 9.85. The van der Waals surface area contributed by atoms with Gasteiger partial charge in [-0.05, 0) is 36.8 Å². The van der Waals surface area contributed by atoms with Gasteiger partial charge in [0.15, 0.2) is 0 Å². The number of pyridine rings is 2. The molecule has 1 saturated heterocycles. The van der Waals surface area contributed by atoms with Gasteiger partial charge >= 0.3 is 0 Å². The van der Waals surface area contributed by atoms with Crippen molar-refractivity contribution in [1.82, 2.24) is 9.97 Å². The lowest BCUT2D eigenvalue weighted by Gasteiger charge is -2.28. The molecule has 0 aliphatic carbocycles. The number of nitrogens with zero attached hydrogens (tertiary/aromatic N) is 4. The second kappa shape index (κ2) is 8.91. The molecule has 0 bridgehead atoms. The van der Waals surface area contributed by atoms with Crippen molar-refractivity contribution in [2.75, 3.05) is 31.2 Å². The van der Waals surface area contributed by atoms with Gasteiger partial charge in [-0.3, -0.25) is 4.98 Å². The Labute approximate surface area is 175 Å². The predicted octanol–water partition coefficient (Wildman–Crippen LogP) is 3.41. The molecule has 0 spiro atoms. The normalized spacial score (nSPS) is 13.7. The number of nitrogens with two attached hydrogens (primary N) is 1. The molecule has 7 nitrogen and oxygen atoms in total. The van der Waals surface area contributed by atoms with Crippen LogP contribution in [0, 0.1) is 18.3 Å². The second-order valence-corrected chi connectivity index (χ2v) is 7.08. The highest BCUT2D eigenvalue weighted by Gasteiger charge is 2.16. The van der Waals surface area contributed by atoms with E-state index >= 15 is 0 Å². The Morgan fingerprint density at radius 2 is 2.00 bits per heavy atom. The number of morpholine rings is 1. The van der Waals surface area contributed by atoms with Crippen molar-refractivity contribution in [2.24, 2.45) is 5.73 Å². The van der Waals surface area contributed by atoms with Crippen LogP contribution in [0.5, 0.6) is 11.5 Å². The molecule has 7 heteroatoms. The summed E-state index contributed by atoms with van der Waals surface area (Å²) >= 11 is 0. The summed E-state index contributed by atoms with van der Waals surface area (Å²) in [5.74, 6) is 2.09. The van der Waals surface area contributed by atoms with Gasteiger partial charge in [0.05, 0.1) is 30.5 Å². The van der Waals surface area contributed by atoms with Crippen molar-refractivity contribution in [3.63, 3.8) is 0 Å². The summed E-state index contributed by atoms with van der Waals surface area (Å²) in [6.07, 6.45) is 1.75. The zero-order valence-electron chi connectivity index (χ0n) is 16.8. The molecule has 0 saturated carbocycles. The number of aromatic nitrogens is 2. The van der Waals surface area contributed by atoms with Crippen LogP contribution in [0.1, 0.15) is 16.8 Å². The number of rotatable bonds is 5. The smallest absolute Gasteiger partial charge is 0.138 e. The zero-order valence-corrected chi connectivity index (χ0v) is 16.8. The zero-order chi connectivity index (χ0) is 20.9. The molecular weight excluding hydrogens is 378 g/mol. The van der Waals surface area contributed by atoms with E-state index in [4.69, 9.17) is 15.2 Å². The van der Waals surface area contributed by atoms with Crippen molar-refractivity contribution < 1.29 is 9.47 Å². The summed E-state index contributed by atoms with van der Waals surface area (Å²) in [7, 11) is 0. The highest BCUT2D eigenvalue weighted by molar-refractivity contribution is 5.69. The van der Waals surface area contributed by atoms with Gasteiger partial charge in [0.25, 0.3) is 0 Å². The first-order chi connectivity index (χ1) is 14.7. The fourth-order valence-corrected chi connectivity index (χ4v) is 3.35. The Morgan fingerprint density at radius 3 is 2.70 bits per heavy atom. The molecule has 1 aliphatic rings. The number of aryl methyl sites for hydroxylation is 1. The van der Waals surface area contributed by atoms with Gasteiger partial charge in [-0.2, -0.15) is 5.26 Å². The van der Waals surface area contributed by atoms with E-state index in [1.165, 1.54) is 0 Å². The van der Waals surface area contributed by atoms with Crippen molar-refractivity contribution in [3.8, 4) is 28.8 Å². The summed E-state index contributed by atoms with van der Waals surface area (Å²) in [6, 6.07) is 15.2. The van der Waals surface area contributed by atoms with Gasteiger partial charge in [0.2, 0.25) is 0 Å². The van der Waals surface area contributed by atoms with Crippen LogP contribution in [0.4, 0.5) is 5.82 Å². The molecule has 1 aromatic carbocycles. The first kappa shape index (κ1) is 19.8. The quantitative estimate of drug-likeness (QED) is 0.700. The van der Waals surface area contributed by atoms with Crippen LogP contribution >= 0.6 is 0 Å². The average molecular weight is 401 g/mol. The summed E-state index contributed by atoms with van der Waals surface area (Å²) in [5.41, 5.74) is 9.57. The van der Waals surface area contributed by atoms with Crippen molar-refractivity contribution in [2.45, 2.75) is 13.5 Å². The lowest BCUT2D eigenvalue weighted by atomic mass is 10.1. The molecule has 30 heavy (non-hydrogen) atoms. The number of anilines is 1. The maximum Gasteiger partial charge on any atom is 0.138 e. The summed E-state index contributed by atoms with van der Waals surface area (Å²) in [5, 5.41) is 9.35. The minimum Gasteiger partial charge on any atom is -0.456 e. The summed E-state index contributed by atoms with van der Waals surface area (Å²) in [6.45, 7) is 5.33. The third-order valence-corrected chi connectivity index (χ3v) is 4.92. The largest absolute Gasteiger partial charge is 0.456 e. The Kier molecular flexibility index (Phi) is 5.89. The number of nitriles is 1. The number of hydrogen-bond acceptors (Lipinski definition) is 7. The van der Waals surface area contributed by atoms with E-state index in [1.54, 1.807) is 18.3 Å². The van der Waals surface area contributed by atoms with Crippen molar-refractivity contribution in [3.05, 3.63) is 65.5 Å². The van der Waals surface area contributed by atoms with Crippen LogP contribution in [-0.2, 0) is 11.3 Å². The fraction of sp³-hybridized carbons (Fsp3) is 0.261. The van der Waals surface area contributed by atoms with E-state index < -0.39 is 0 Å². The maximum atomic E-state index is 9.35. The second-order valence-electron chi connectivity index (χ2n) is 7.08. The Morgan fingerprint density at radius 1 is 1.17 bits per heavy atom. The fourth-order valence-electron chi connectivity index (χ4n) is 3.35. The molecule has 3 heterocycles. The van der Waals surface area contributed by atoms with Gasteiger partial charge < -0.3 is 20.1 Å². The van der Waals surface area contributed by atoms with Gasteiger partial charge in [0.1, 0.15) is 17.3 Å². The van der Waals surface area contributed by atoms with Crippen LogP contribution < -0.4 is 15.4 Å². The van der Waals surface area contributed by atoms with Crippen LogP contribution in [0.2, 0.25) is 0 Å². The van der Waals surface area contributed by atoms with E-state index in [0.717, 1.165) is 41.4 Å². The van der Waals surface area contributed by atoms with Gasteiger partial charge in [-0.25, -0.2) is 4.98 Å². The first-order valence-electron chi connectivity index (χ1n) is 9.85. The molecule has 0 atom stereocenters. The van der Waals surface area contributed by atoms with Crippen molar-refractivity contribution in [1.29, 1.82) is 5.26 Å². The molecule has 0 amide bonds. The summed E-state index contributed by atoms with van der Waals surface area (Å²) in [4.78, 5) is 11.3. The topological polar surface area (TPSA) is 97.3 Å². The Hall–Kier alpha value is -3.47. The number of benzene rings is 1. The lowest BCUT2D eigenvalue weighted by Crippen LogP contribution is -2.36. The monoisotopic (exact) mass is 401 g/mol. The van der Waals surface area contributed by atoms with Crippen molar-refractivity contribution >= 4 is 5.82 Å². The van der Waals surface area contributed by atoms with Gasteiger partial charge in [-0.15, -0.1) is 0 Å². The summed E-state index contributed by atoms with van der Waals surface area (Å²) < 4.78 is 11.7. The van der Waals surface area contributed by atoms with E-state index in [0.29, 0.717) is 36.8 Å². The third-order valence-electron chi connectivity index (χ3n) is 4.92. The van der Waals surface area contributed by atoms with Crippen LogP contribution in [0.15, 0.2) is 48.7 Å². The van der Waals surface area contributed by atoms with Gasteiger partial charge in [-0.1, -0.05) is 6.07 Å². The van der Waals surface area contributed by atoms with E-state index in [-0.39, 0.29) is 0 Å². The molecule has 4 rings (SSSR count). The molecule has 0 radical (unpaired) electrons. The number of hydrogen-bond donors (Lipinski definition) is 1. The highest BCUT2D eigenvalue weighted by Crippen LogP contribution is 2.34. The Bertz CT molecular complexity index is 1070. The predicted molar refractivity (Wildman–Crippen MR) is 114 cm³/mol. The average Bonchev–Trinajstić information content (AvgIpc) is 2.79. The molecule has 2 N–H and O–H groups in total. The SMILES string of the molecule is Cc1cc(Oc2cc(C#N)ccc2-c2ccc(CN)cn2)cc(N2CCOCC2)n1. The van der Waals surface area contributed by atoms with Gasteiger partial charge in [0, 0.05) is 49.2 Å².